The van der Waals surface area contributed by atoms with Crippen LogP contribution < -0.4 is 19.0 Å². The zero-order chi connectivity index (χ0) is 25.3. The lowest BCUT2D eigenvalue weighted by Gasteiger charge is -2.23. The van der Waals surface area contributed by atoms with Gasteiger partial charge in [0.05, 0.1) is 26.5 Å². The van der Waals surface area contributed by atoms with Crippen LogP contribution in [-0.2, 0) is 21.4 Å². The molecule has 0 unspecified atom stereocenters. The summed E-state index contributed by atoms with van der Waals surface area (Å²) in [5, 5.41) is 2.85. The lowest BCUT2D eigenvalue weighted by molar-refractivity contribution is 0.153. The van der Waals surface area contributed by atoms with Gasteiger partial charge in [-0.05, 0) is 54.1 Å². The predicted molar refractivity (Wildman–Crippen MR) is 132 cm³/mol. The molecule has 1 N–H and O–H groups in total. The number of amides is 2. The number of hydrogen-bond acceptors (Lipinski definition) is 7. The first-order valence-corrected chi connectivity index (χ1v) is 12.1. The number of methoxy groups -OCH3 is 3. The van der Waals surface area contributed by atoms with E-state index < -0.39 is 10.1 Å². The number of benzene rings is 3. The third-order valence-electron chi connectivity index (χ3n) is 5.05. The molecule has 0 spiro atoms. The first-order valence-electron chi connectivity index (χ1n) is 10.7. The zero-order valence-corrected chi connectivity index (χ0v) is 20.6. The van der Waals surface area contributed by atoms with E-state index in [1.165, 1.54) is 26.4 Å². The minimum absolute atomic E-state index is 0.0149. The maximum atomic E-state index is 12.9. The number of carbonyl (C=O) groups is 1. The Hall–Kier alpha value is -3.76. The fourth-order valence-electron chi connectivity index (χ4n) is 3.18. The van der Waals surface area contributed by atoms with Crippen molar-refractivity contribution in [3.05, 3.63) is 78.4 Å². The van der Waals surface area contributed by atoms with Gasteiger partial charge in [-0.25, -0.2) is 4.79 Å². The SMILES string of the molecule is COCCN(Cc1ccc(OS(=O)(=O)c2ccc(OC)cc2)cc1)C(=O)Nc1ccccc1OC. The standard InChI is InChI=1S/C25H28N2O7S/c1-31-17-16-27(25(28)26-23-6-4-5-7-24(23)33-3)18-19-8-10-21(11-9-19)34-35(29,30)22-14-12-20(32-2)13-15-22/h4-15H,16-18H2,1-3H3,(H,26,28). The molecular weight excluding hydrogens is 472 g/mol. The third-order valence-corrected chi connectivity index (χ3v) is 6.31. The predicted octanol–water partition coefficient (Wildman–Crippen LogP) is 4.15. The quantitative estimate of drug-likeness (QED) is 0.395. The molecule has 0 aliphatic carbocycles. The minimum atomic E-state index is -4.00. The lowest BCUT2D eigenvalue weighted by Crippen LogP contribution is -2.36. The molecule has 2 amide bonds. The average Bonchev–Trinajstić information content (AvgIpc) is 2.87. The summed E-state index contributed by atoms with van der Waals surface area (Å²) in [6.45, 7) is 0.970. The first kappa shape index (κ1) is 25.9. The van der Waals surface area contributed by atoms with Crippen LogP contribution >= 0.6 is 0 Å². The van der Waals surface area contributed by atoms with Crippen molar-refractivity contribution in [2.75, 3.05) is 39.8 Å². The van der Waals surface area contributed by atoms with E-state index in [0.29, 0.717) is 30.3 Å². The van der Waals surface area contributed by atoms with Gasteiger partial charge in [-0.1, -0.05) is 24.3 Å². The number of urea groups is 1. The van der Waals surface area contributed by atoms with Crippen LogP contribution in [0.4, 0.5) is 10.5 Å². The Morgan fingerprint density at radius 1 is 0.857 bits per heavy atom. The Balaban J connectivity index is 1.69. The van der Waals surface area contributed by atoms with E-state index in [4.69, 9.17) is 18.4 Å². The largest absolute Gasteiger partial charge is 0.497 e. The van der Waals surface area contributed by atoms with Gasteiger partial charge in [0.1, 0.15) is 22.1 Å². The maximum Gasteiger partial charge on any atom is 0.339 e. The van der Waals surface area contributed by atoms with Gasteiger partial charge < -0.3 is 28.6 Å². The summed E-state index contributed by atoms with van der Waals surface area (Å²) in [4.78, 5) is 14.5. The summed E-state index contributed by atoms with van der Waals surface area (Å²) in [5.41, 5.74) is 1.33. The van der Waals surface area contributed by atoms with Gasteiger partial charge in [0.15, 0.2) is 0 Å². The van der Waals surface area contributed by atoms with Crippen molar-refractivity contribution in [1.29, 1.82) is 0 Å². The van der Waals surface area contributed by atoms with E-state index in [2.05, 4.69) is 5.32 Å². The van der Waals surface area contributed by atoms with Gasteiger partial charge in [0, 0.05) is 20.2 Å². The summed E-state index contributed by atoms with van der Waals surface area (Å²) in [6, 6.07) is 19.2. The molecule has 0 aliphatic heterocycles. The monoisotopic (exact) mass is 500 g/mol. The molecule has 3 aromatic carbocycles. The van der Waals surface area contributed by atoms with Crippen LogP contribution in [0, 0.1) is 0 Å². The smallest absolute Gasteiger partial charge is 0.339 e. The van der Waals surface area contributed by atoms with Crippen molar-refractivity contribution in [3.63, 3.8) is 0 Å². The molecule has 0 fully saturated rings. The van der Waals surface area contributed by atoms with E-state index in [9.17, 15) is 13.2 Å². The summed E-state index contributed by atoms with van der Waals surface area (Å²) in [7, 11) is 0.596. The second kappa shape index (κ2) is 12.1. The second-order valence-electron chi connectivity index (χ2n) is 7.40. The number of ether oxygens (including phenoxy) is 3. The molecule has 0 aromatic heterocycles. The van der Waals surface area contributed by atoms with Crippen molar-refractivity contribution in [1.82, 2.24) is 4.90 Å². The van der Waals surface area contributed by atoms with Crippen molar-refractivity contribution in [2.45, 2.75) is 11.4 Å². The van der Waals surface area contributed by atoms with Gasteiger partial charge in [-0.3, -0.25) is 0 Å². The Morgan fingerprint density at radius 3 is 2.14 bits per heavy atom. The van der Waals surface area contributed by atoms with Crippen molar-refractivity contribution in [3.8, 4) is 17.2 Å². The number of carbonyl (C=O) groups excluding carboxylic acids is 1. The van der Waals surface area contributed by atoms with Crippen LogP contribution in [0.25, 0.3) is 0 Å². The summed E-state index contributed by atoms with van der Waals surface area (Å²) < 4.78 is 45.8. The Labute approximate surface area is 205 Å². The van der Waals surface area contributed by atoms with Crippen LogP contribution in [0.5, 0.6) is 17.2 Å². The topological polar surface area (TPSA) is 103 Å². The molecule has 3 aromatic rings. The third kappa shape index (κ3) is 7.11. The molecule has 9 nitrogen and oxygen atoms in total. The highest BCUT2D eigenvalue weighted by Gasteiger charge is 2.18. The van der Waals surface area contributed by atoms with Crippen molar-refractivity contribution >= 4 is 21.8 Å². The summed E-state index contributed by atoms with van der Waals surface area (Å²) >= 11 is 0. The number of para-hydroxylation sites is 2. The van der Waals surface area contributed by atoms with E-state index >= 15 is 0 Å². The Kier molecular flexibility index (Phi) is 8.93. The molecule has 3 rings (SSSR count). The van der Waals surface area contributed by atoms with E-state index in [0.717, 1.165) is 5.56 Å². The molecular formula is C25H28N2O7S. The number of nitrogens with zero attached hydrogens (tertiary/aromatic N) is 1. The van der Waals surface area contributed by atoms with Gasteiger partial charge in [0.25, 0.3) is 0 Å². The fourth-order valence-corrected chi connectivity index (χ4v) is 4.11. The molecule has 0 saturated carbocycles. The first-order chi connectivity index (χ1) is 16.9. The zero-order valence-electron chi connectivity index (χ0n) is 19.8. The highest BCUT2D eigenvalue weighted by Crippen LogP contribution is 2.24. The highest BCUT2D eigenvalue weighted by molar-refractivity contribution is 7.87. The van der Waals surface area contributed by atoms with E-state index in [-0.39, 0.29) is 23.2 Å². The van der Waals surface area contributed by atoms with Gasteiger partial charge in [-0.2, -0.15) is 8.42 Å². The number of rotatable bonds is 11. The second-order valence-corrected chi connectivity index (χ2v) is 8.95. The fraction of sp³-hybridized carbons (Fsp3) is 0.240. The lowest BCUT2D eigenvalue weighted by atomic mass is 10.2. The van der Waals surface area contributed by atoms with Gasteiger partial charge >= 0.3 is 16.1 Å². The molecule has 0 atom stereocenters. The van der Waals surface area contributed by atoms with Crippen LogP contribution in [0.15, 0.2) is 77.7 Å². The van der Waals surface area contributed by atoms with Crippen molar-refractivity contribution in [2.24, 2.45) is 0 Å². The molecule has 35 heavy (non-hydrogen) atoms. The Bertz CT molecular complexity index is 1210. The van der Waals surface area contributed by atoms with E-state index in [1.807, 2.05) is 6.07 Å². The van der Waals surface area contributed by atoms with E-state index in [1.54, 1.807) is 66.6 Å². The molecule has 0 heterocycles. The number of anilines is 1. The number of nitrogens with one attached hydrogen (secondary N) is 1. The van der Waals surface area contributed by atoms with Gasteiger partial charge in [0.2, 0.25) is 0 Å². The molecule has 186 valence electrons. The maximum absolute atomic E-state index is 12.9. The van der Waals surface area contributed by atoms with Crippen molar-refractivity contribution < 1.29 is 31.6 Å². The molecule has 0 bridgehead atoms. The minimum Gasteiger partial charge on any atom is -0.497 e. The molecule has 0 aliphatic rings. The van der Waals surface area contributed by atoms with Crippen LogP contribution in [0.1, 0.15) is 5.56 Å². The summed E-state index contributed by atoms with van der Waals surface area (Å²) in [6.07, 6.45) is 0. The molecule has 0 radical (unpaired) electrons. The highest BCUT2D eigenvalue weighted by atomic mass is 32.2. The molecule has 0 saturated heterocycles. The summed E-state index contributed by atoms with van der Waals surface area (Å²) in [5.74, 6) is 1.25. The van der Waals surface area contributed by atoms with Crippen LogP contribution in [0.3, 0.4) is 0 Å². The normalized spacial score (nSPS) is 10.9. The van der Waals surface area contributed by atoms with Crippen LogP contribution in [0.2, 0.25) is 0 Å². The Morgan fingerprint density at radius 2 is 1.51 bits per heavy atom. The molecule has 10 heteroatoms. The average molecular weight is 501 g/mol. The van der Waals surface area contributed by atoms with Gasteiger partial charge in [-0.15, -0.1) is 0 Å². The van der Waals surface area contributed by atoms with Crippen LogP contribution in [-0.4, -0.2) is 53.8 Å². The number of hydrogen-bond donors (Lipinski definition) is 1.